The summed E-state index contributed by atoms with van der Waals surface area (Å²) in [5.74, 6) is -0.395. The van der Waals surface area contributed by atoms with Crippen LogP contribution in [-0.4, -0.2) is 63.1 Å². The molecule has 0 aromatic carbocycles. The van der Waals surface area contributed by atoms with Crippen molar-refractivity contribution in [2.75, 3.05) is 6.61 Å². The molecule has 5 N–H and O–H groups in total. The first-order valence-corrected chi connectivity index (χ1v) is 5.43. The second-order valence-corrected chi connectivity index (χ2v) is 4.22. The summed E-state index contributed by atoms with van der Waals surface area (Å²) in [5.41, 5.74) is 0. The van der Waals surface area contributed by atoms with Crippen LogP contribution >= 0.6 is 0 Å². The van der Waals surface area contributed by atoms with Crippen molar-refractivity contribution in [3.63, 3.8) is 0 Å². The molecule has 0 aromatic rings. The van der Waals surface area contributed by atoms with Crippen molar-refractivity contribution in [3.05, 3.63) is 0 Å². The van der Waals surface area contributed by atoms with E-state index in [0.717, 1.165) is 0 Å². The van der Waals surface area contributed by atoms with Crippen molar-refractivity contribution >= 4 is 5.91 Å². The summed E-state index contributed by atoms with van der Waals surface area (Å²) in [6.45, 7) is 0.589. The van der Waals surface area contributed by atoms with Crippen LogP contribution in [0.25, 0.3) is 0 Å². The summed E-state index contributed by atoms with van der Waals surface area (Å²) in [4.78, 5) is 11.0. The fourth-order valence-electron chi connectivity index (χ4n) is 1.95. The Labute approximate surface area is 104 Å². The standard InChI is InChI=1S/C11H17NO6/c1-3-4-11(17)10(12-6(2)14)9(16)8(15)7(5-13)18-11/h1,7-10,13,15-17H,4-5H2,2H3,(H,12,14)/t7-,8-,9+,10-,11?/m1/s1. The summed E-state index contributed by atoms with van der Waals surface area (Å²) >= 11 is 0. The second-order valence-electron chi connectivity index (χ2n) is 4.22. The zero-order valence-electron chi connectivity index (χ0n) is 9.91. The van der Waals surface area contributed by atoms with Crippen LogP contribution in [0.4, 0.5) is 0 Å². The lowest BCUT2D eigenvalue weighted by atomic mass is 9.88. The lowest BCUT2D eigenvalue weighted by molar-refractivity contribution is -0.315. The molecule has 1 fully saturated rings. The van der Waals surface area contributed by atoms with Crippen molar-refractivity contribution in [2.24, 2.45) is 0 Å². The van der Waals surface area contributed by atoms with E-state index in [4.69, 9.17) is 16.3 Å². The Hall–Kier alpha value is -1.17. The van der Waals surface area contributed by atoms with E-state index in [0.29, 0.717) is 0 Å². The first-order valence-electron chi connectivity index (χ1n) is 5.43. The maximum atomic E-state index is 11.0. The van der Waals surface area contributed by atoms with Crippen molar-refractivity contribution < 1.29 is 30.0 Å². The molecule has 0 radical (unpaired) electrons. The summed E-state index contributed by atoms with van der Waals surface area (Å²) < 4.78 is 5.10. The van der Waals surface area contributed by atoms with Crippen molar-refractivity contribution in [1.29, 1.82) is 0 Å². The summed E-state index contributed by atoms with van der Waals surface area (Å²) in [5, 5.41) is 41.0. The third kappa shape index (κ3) is 2.80. The van der Waals surface area contributed by atoms with Gasteiger partial charge in [-0.1, -0.05) is 0 Å². The quantitative estimate of drug-likeness (QED) is 0.352. The van der Waals surface area contributed by atoms with Gasteiger partial charge in [-0.25, -0.2) is 0 Å². The molecular formula is C11H17NO6. The van der Waals surface area contributed by atoms with Crippen LogP contribution in [-0.2, 0) is 9.53 Å². The van der Waals surface area contributed by atoms with E-state index in [1.165, 1.54) is 6.92 Å². The number of aliphatic hydroxyl groups excluding tert-OH is 3. The lowest BCUT2D eigenvalue weighted by Crippen LogP contribution is -2.70. The van der Waals surface area contributed by atoms with Gasteiger partial charge < -0.3 is 30.5 Å². The number of rotatable bonds is 3. The van der Waals surface area contributed by atoms with Gasteiger partial charge in [0.25, 0.3) is 0 Å². The third-order valence-electron chi connectivity index (χ3n) is 2.81. The highest BCUT2D eigenvalue weighted by Crippen LogP contribution is 2.30. The van der Waals surface area contributed by atoms with Crippen molar-refractivity contribution in [3.8, 4) is 12.3 Å². The van der Waals surface area contributed by atoms with E-state index >= 15 is 0 Å². The van der Waals surface area contributed by atoms with Crippen LogP contribution in [0, 0.1) is 12.3 Å². The Morgan fingerprint density at radius 2 is 2.11 bits per heavy atom. The molecule has 7 heteroatoms. The van der Waals surface area contributed by atoms with Crippen LogP contribution in [0.5, 0.6) is 0 Å². The number of hydrogen-bond acceptors (Lipinski definition) is 6. The molecule has 1 heterocycles. The van der Waals surface area contributed by atoms with E-state index in [2.05, 4.69) is 11.2 Å². The van der Waals surface area contributed by atoms with Gasteiger partial charge in [-0.15, -0.1) is 12.3 Å². The Bertz CT molecular complexity index is 354. The lowest BCUT2D eigenvalue weighted by Gasteiger charge is -2.47. The molecule has 1 unspecified atom stereocenters. The van der Waals surface area contributed by atoms with Crippen LogP contribution in [0.1, 0.15) is 13.3 Å². The molecule has 1 amide bonds. The van der Waals surface area contributed by atoms with Crippen LogP contribution in [0.2, 0.25) is 0 Å². The highest BCUT2D eigenvalue weighted by atomic mass is 16.6. The van der Waals surface area contributed by atoms with Gasteiger partial charge in [-0.3, -0.25) is 4.79 Å². The second kappa shape index (κ2) is 5.65. The fourth-order valence-corrected chi connectivity index (χ4v) is 1.95. The van der Waals surface area contributed by atoms with E-state index < -0.39 is 42.7 Å². The molecular weight excluding hydrogens is 242 g/mol. The molecule has 0 bridgehead atoms. The number of nitrogens with one attached hydrogen (secondary N) is 1. The van der Waals surface area contributed by atoms with Gasteiger partial charge >= 0.3 is 0 Å². The van der Waals surface area contributed by atoms with Gasteiger partial charge in [0.15, 0.2) is 5.79 Å². The molecule has 0 aliphatic carbocycles. The molecule has 1 aliphatic rings. The van der Waals surface area contributed by atoms with Gasteiger partial charge in [0.05, 0.1) is 13.0 Å². The number of aliphatic hydroxyl groups is 4. The first-order chi connectivity index (χ1) is 8.35. The number of carbonyl (C=O) groups is 1. The van der Waals surface area contributed by atoms with Gasteiger partial charge in [0.2, 0.25) is 5.91 Å². The minimum atomic E-state index is -2.04. The number of hydrogen-bond donors (Lipinski definition) is 5. The predicted octanol–water partition coefficient (Wildman–Crippen LogP) is -2.68. The normalized spacial score (nSPS) is 40.0. The maximum absolute atomic E-state index is 11.0. The minimum absolute atomic E-state index is 0.307. The highest BCUT2D eigenvalue weighted by molar-refractivity contribution is 5.73. The summed E-state index contributed by atoms with van der Waals surface area (Å²) in [6.07, 6.45) is 0.669. The third-order valence-corrected chi connectivity index (χ3v) is 2.81. The monoisotopic (exact) mass is 259 g/mol. The van der Waals surface area contributed by atoms with Crippen molar-refractivity contribution in [2.45, 2.75) is 43.5 Å². The van der Waals surface area contributed by atoms with Gasteiger partial charge in [0, 0.05) is 6.92 Å². The van der Waals surface area contributed by atoms with Crippen LogP contribution in [0.15, 0.2) is 0 Å². The average Bonchev–Trinajstić information content (AvgIpc) is 2.30. The highest BCUT2D eigenvalue weighted by Gasteiger charge is 2.53. The molecule has 0 spiro atoms. The maximum Gasteiger partial charge on any atom is 0.217 e. The Kier molecular flexibility index (Phi) is 4.67. The Morgan fingerprint density at radius 3 is 2.56 bits per heavy atom. The zero-order chi connectivity index (χ0) is 13.9. The van der Waals surface area contributed by atoms with Crippen LogP contribution < -0.4 is 5.32 Å². The Morgan fingerprint density at radius 1 is 1.50 bits per heavy atom. The first kappa shape index (κ1) is 14.9. The van der Waals surface area contributed by atoms with Gasteiger partial charge in [-0.2, -0.15) is 0 Å². The molecule has 1 saturated heterocycles. The van der Waals surface area contributed by atoms with Crippen molar-refractivity contribution in [1.82, 2.24) is 5.32 Å². The van der Waals surface area contributed by atoms with E-state index in [-0.39, 0.29) is 6.42 Å². The molecule has 1 aliphatic heterocycles. The molecule has 5 atom stereocenters. The van der Waals surface area contributed by atoms with Crippen LogP contribution in [0.3, 0.4) is 0 Å². The SMILES string of the molecule is C#CCC1(O)O[C@H](CO)[C@@H](O)[C@H](O)[C@H]1NC(C)=O. The molecule has 18 heavy (non-hydrogen) atoms. The number of amides is 1. The number of terminal acetylenes is 1. The van der Waals surface area contributed by atoms with E-state index in [9.17, 15) is 20.1 Å². The van der Waals surface area contributed by atoms with Gasteiger partial charge in [-0.05, 0) is 0 Å². The van der Waals surface area contributed by atoms with E-state index in [1.54, 1.807) is 0 Å². The average molecular weight is 259 g/mol. The molecule has 0 aromatic heterocycles. The summed E-state index contributed by atoms with van der Waals surface area (Å²) in [6, 6.07) is -1.27. The van der Waals surface area contributed by atoms with E-state index in [1.807, 2.05) is 0 Å². The molecule has 102 valence electrons. The molecule has 0 saturated carbocycles. The number of carbonyl (C=O) groups excluding carboxylic acids is 1. The zero-order valence-corrected chi connectivity index (χ0v) is 9.91. The largest absolute Gasteiger partial charge is 0.394 e. The Balaban J connectivity index is 3.02. The molecule has 1 rings (SSSR count). The minimum Gasteiger partial charge on any atom is -0.394 e. The fraction of sp³-hybridized carbons (Fsp3) is 0.727. The number of ether oxygens (including phenoxy) is 1. The molecule has 7 nitrogen and oxygen atoms in total. The smallest absolute Gasteiger partial charge is 0.217 e. The predicted molar refractivity (Wildman–Crippen MR) is 60.0 cm³/mol. The van der Waals surface area contributed by atoms with Gasteiger partial charge in [0.1, 0.15) is 24.4 Å². The summed E-state index contributed by atoms with van der Waals surface area (Å²) in [7, 11) is 0. The topological polar surface area (TPSA) is 119 Å².